The molecule has 0 saturated carbocycles. The van der Waals surface area contributed by atoms with E-state index in [0.717, 1.165) is 6.42 Å². The molecule has 88 valence electrons. The van der Waals surface area contributed by atoms with Crippen LogP contribution in [0.1, 0.15) is 26.7 Å². The van der Waals surface area contributed by atoms with Gasteiger partial charge in [0.2, 0.25) is 11.8 Å². The van der Waals surface area contributed by atoms with Crippen molar-refractivity contribution in [2.75, 3.05) is 26.3 Å². The van der Waals surface area contributed by atoms with Gasteiger partial charge in [-0.25, -0.2) is 0 Å². The van der Waals surface area contributed by atoms with Gasteiger partial charge in [0.25, 0.3) is 0 Å². The molecule has 0 rings (SSSR count). The summed E-state index contributed by atoms with van der Waals surface area (Å²) < 4.78 is 4.91. The molecule has 0 spiro atoms. The van der Waals surface area contributed by atoms with Gasteiger partial charge in [-0.2, -0.15) is 0 Å². The number of hydrogen-bond acceptors (Lipinski definition) is 3. The number of rotatable bonds is 8. The van der Waals surface area contributed by atoms with E-state index in [2.05, 4.69) is 10.6 Å². The molecule has 0 aliphatic heterocycles. The van der Waals surface area contributed by atoms with Gasteiger partial charge in [-0.3, -0.25) is 9.59 Å². The van der Waals surface area contributed by atoms with Crippen molar-refractivity contribution in [2.24, 2.45) is 0 Å². The van der Waals surface area contributed by atoms with E-state index in [1.165, 1.54) is 0 Å². The fourth-order valence-electron chi connectivity index (χ4n) is 0.914. The number of nitrogens with one attached hydrogen (secondary N) is 2. The van der Waals surface area contributed by atoms with Crippen molar-refractivity contribution in [3.05, 3.63) is 0 Å². The van der Waals surface area contributed by atoms with Gasteiger partial charge in [0.1, 0.15) is 6.61 Å². The van der Waals surface area contributed by atoms with E-state index in [4.69, 9.17) is 4.74 Å². The van der Waals surface area contributed by atoms with Gasteiger partial charge in [0, 0.05) is 26.1 Å². The van der Waals surface area contributed by atoms with E-state index in [1.807, 2.05) is 13.8 Å². The van der Waals surface area contributed by atoms with Gasteiger partial charge in [-0.15, -0.1) is 0 Å². The molecule has 0 aliphatic carbocycles. The summed E-state index contributed by atoms with van der Waals surface area (Å²) in [5.41, 5.74) is 0. The second-order valence-corrected chi connectivity index (χ2v) is 3.09. The molecule has 2 amide bonds. The molecule has 0 fully saturated rings. The largest absolute Gasteiger partial charge is 0.372 e. The van der Waals surface area contributed by atoms with Crippen molar-refractivity contribution >= 4 is 11.8 Å². The predicted molar refractivity (Wildman–Crippen MR) is 57.4 cm³/mol. The van der Waals surface area contributed by atoms with Crippen LogP contribution in [-0.2, 0) is 14.3 Å². The Hall–Kier alpha value is -1.10. The minimum absolute atomic E-state index is 0.0337. The van der Waals surface area contributed by atoms with Crippen LogP contribution in [0.25, 0.3) is 0 Å². The number of amides is 2. The Labute approximate surface area is 90.6 Å². The fraction of sp³-hybridized carbons (Fsp3) is 0.800. The minimum atomic E-state index is -0.180. The average molecular weight is 216 g/mol. The molecule has 5 heteroatoms. The molecule has 0 bridgehead atoms. The zero-order chi connectivity index (χ0) is 11.5. The van der Waals surface area contributed by atoms with E-state index < -0.39 is 0 Å². The second kappa shape index (κ2) is 9.45. The van der Waals surface area contributed by atoms with Gasteiger partial charge in [-0.1, -0.05) is 6.92 Å². The Morgan fingerprint density at radius 1 is 1.07 bits per heavy atom. The summed E-state index contributed by atoms with van der Waals surface area (Å²) >= 11 is 0. The lowest BCUT2D eigenvalue weighted by Crippen LogP contribution is -2.32. The predicted octanol–water partition coefficient (Wildman–Crippen LogP) is 0.0554. The Bertz CT molecular complexity index is 175. The Kier molecular flexibility index (Phi) is 8.76. The maximum absolute atomic E-state index is 11.1. The highest BCUT2D eigenvalue weighted by Crippen LogP contribution is 1.80. The van der Waals surface area contributed by atoms with Crippen LogP contribution in [0.5, 0.6) is 0 Å². The minimum Gasteiger partial charge on any atom is -0.372 e. The van der Waals surface area contributed by atoms with E-state index in [0.29, 0.717) is 26.1 Å². The standard InChI is InChI=1S/C10H20N2O3/c1-3-6-11-9(13)5-7-12-10(14)8-15-4-2/h3-8H2,1-2H3,(H,11,13)(H,12,14). The molecule has 15 heavy (non-hydrogen) atoms. The van der Waals surface area contributed by atoms with Crippen molar-refractivity contribution in [1.29, 1.82) is 0 Å². The van der Waals surface area contributed by atoms with Gasteiger partial charge in [-0.05, 0) is 13.3 Å². The molecular weight excluding hydrogens is 196 g/mol. The summed E-state index contributed by atoms with van der Waals surface area (Å²) in [6, 6.07) is 0. The first-order valence-electron chi connectivity index (χ1n) is 5.31. The van der Waals surface area contributed by atoms with Crippen LogP contribution in [0, 0.1) is 0 Å². The molecule has 0 aromatic heterocycles. The molecule has 0 aromatic rings. The van der Waals surface area contributed by atoms with Crippen molar-refractivity contribution in [1.82, 2.24) is 10.6 Å². The smallest absolute Gasteiger partial charge is 0.246 e. The van der Waals surface area contributed by atoms with Crippen molar-refractivity contribution in [3.63, 3.8) is 0 Å². The quantitative estimate of drug-likeness (QED) is 0.602. The lowest BCUT2D eigenvalue weighted by Gasteiger charge is -2.05. The number of carbonyl (C=O) groups is 2. The molecule has 0 unspecified atom stereocenters. The SMILES string of the molecule is CCCNC(=O)CCNC(=O)COCC. The molecule has 0 aromatic carbocycles. The maximum Gasteiger partial charge on any atom is 0.246 e. The van der Waals surface area contributed by atoms with E-state index in [1.54, 1.807) is 0 Å². The number of hydrogen-bond donors (Lipinski definition) is 2. The van der Waals surface area contributed by atoms with E-state index in [9.17, 15) is 9.59 Å². The Balaban J connectivity index is 3.36. The molecule has 0 atom stereocenters. The highest BCUT2D eigenvalue weighted by atomic mass is 16.5. The molecule has 0 heterocycles. The van der Waals surface area contributed by atoms with Gasteiger partial charge in [0.05, 0.1) is 0 Å². The molecule has 0 aliphatic rings. The summed E-state index contributed by atoms with van der Waals surface area (Å²) in [6.07, 6.45) is 1.24. The van der Waals surface area contributed by atoms with Crippen LogP contribution in [0.4, 0.5) is 0 Å². The van der Waals surface area contributed by atoms with Crippen LogP contribution in [0.15, 0.2) is 0 Å². The lowest BCUT2D eigenvalue weighted by molar-refractivity contribution is -0.125. The van der Waals surface area contributed by atoms with Crippen molar-refractivity contribution in [2.45, 2.75) is 26.7 Å². The first kappa shape index (κ1) is 13.9. The topological polar surface area (TPSA) is 67.4 Å². The third-order valence-corrected chi connectivity index (χ3v) is 1.68. The van der Waals surface area contributed by atoms with Crippen molar-refractivity contribution < 1.29 is 14.3 Å². The number of ether oxygens (including phenoxy) is 1. The third kappa shape index (κ3) is 9.21. The molecule has 0 radical (unpaired) electrons. The van der Waals surface area contributed by atoms with Crippen LogP contribution in [0.3, 0.4) is 0 Å². The van der Waals surface area contributed by atoms with Crippen LogP contribution >= 0.6 is 0 Å². The third-order valence-electron chi connectivity index (χ3n) is 1.68. The molecule has 2 N–H and O–H groups in total. The highest BCUT2D eigenvalue weighted by molar-refractivity contribution is 5.79. The monoisotopic (exact) mass is 216 g/mol. The van der Waals surface area contributed by atoms with Crippen LogP contribution in [-0.4, -0.2) is 38.1 Å². The number of carbonyl (C=O) groups excluding carboxylic acids is 2. The summed E-state index contributed by atoms with van der Waals surface area (Å²) in [6.45, 7) is 5.44. The fourth-order valence-corrected chi connectivity index (χ4v) is 0.914. The lowest BCUT2D eigenvalue weighted by atomic mass is 10.3. The van der Waals surface area contributed by atoms with Gasteiger partial charge >= 0.3 is 0 Å². The van der Waals surface area contributed by atoms with Gasteiger partial charge in [0.15, 0.2) is 0 Å². The highest BCUT2D eigenvalue weighted by Gasteiger charge is 2.02. The van der Waals surface area contributed by atoms with E-state index in [-0.39, 0.29) is 18.4 Å². The molecule has 0 saturated heterocycles. The molecular formula is C10H20N2O3. The molecule has 5 nitrogen and oxygen atoms in total. The van der Waals surface area contributed by atoms with Crippen molar-refractivity contribution in [3.8, 4) is 0 Å². The summed E-state index contributed by atoms with van der Waals surface area (Å²) in [5.74, 6) is -0.214. The summed E-state index contributed by atoms with van der Waals surface area (Å²) in [4.78, 5) is 22.1. The van der Waals surface area contributed by atoms with Crippen LogP contribution < -0.4 is 10.6 Å². The zero-order valence-corrected chi connectivity index (χ0v) is 9.47. The Morgan fingerprint density at radius 2 is 1.73 bits per heavy atom. The maximum atomic E-state index is 11.1. The average Bonchev–Trinajstić information content (AvgIpc) is 2.23. The van der Waals surface area contributed by atoms with Gasteiger partial charge < -0.3 is 15.4 Å². The van der Waals surface area contributed by atoms with E-state index >= 15 is 0 Å². The second-order valence-electron chi connectivity index (χ2n) is 3.09. The summed E-state index contributed by atoms with van der Waals surface area (Å²) in [7, 11) is 0. The first-order valence-corrected chi connectivity index (χ1v) is 5.31. The Morgan fingerprint density at radius 3 is 2.33 bits per heavy atom. The normalized spacial score (nSPS) is 9.73. The summed E-state index contributed by atoms with van der Waals surface area (Å²) in [5, 5.41) is 5.33. The van der Waals surface area contributed by atoms with Crippen LogP contribution in [0.2, 0.25) is 0 Å². The zero-order valence-electron chi connectivity index (χ0n) is 9.47. The first-order chi connectivity index (χ1) is 7.20.